The summed E-state index contributed by atoms with van der Waals surface area (Å²) in [6, 6.07) is 0. The Balaban J connectivity index is 3.02. The van der Waals surface area contributed by atoms with Crippen molar-refractivity contribution in [2.45, 2.75) is 135 Å². The lowest BCUT2D eigenvalue weighted by atomic mass is 10.0. The maximum absolute atomic E-state index is 10.7. The largest absolute Gasteiger partial charge is 0.330 e. The Morgan fingerprint density at radius 2 is 0.643 bits per heavy atom. The van der Waals surface area contributed by atoms with Crippen LogP contribution in [0.25, 0.3) is 0 Å². The van der Waals surface area contributed by atoms with Crippen LogP contribution in [0.3, 0.4) is 0 Å². The first-order valence-corrected chi connectivity index (χ1v) is 14.1. The highest BCUT2D eigenvalue weighted by atomic mass is 31.2. The average molecular weight is 420 g/mol. The number of hydrogen-bond acceptors (Lipinski definition) is 2. The number of hydrogen-bond donors (Lipinski definition) is 3. The van der Waals surface area contributed by atoms with Crippen molar-refractivity contribution in [3.8, 4) is 0 Å². The standard InChI is InChI=1S/C23H50NO3P/c24-22-20-18-16-14-12-10-8-6-4-2-1-3-5-7-9-11-13-15-17-19-21-23-28(25,26)27/h1-24H2,(H2,25,26,27). The predicted octanol–water partition coefficient (Wildman–Crippen LogP) is 7.31. The number of rotatable bonds is 23. The minimum Gasteiger partial charge on any atom is -0.330 e. The third kappa shape index (κ3) is 26.1. The maximum Gasteiger partial charge on any atom is 0.325 e. The zero-order chi connectivity index (χ0) is 20.8. The first-order valence-electron chi connectivity index (χ1n) is 12.3. The summed E-state index contributed by atoms with van der Waals surface area (Å²) in [6.07, 6.45) is 27.4. The molecule has 0 saturated heterocycles. The molecule has 0 unspecified atom stereocenters. The van der Waals surface area contributed by atoms with Crippen LogP contribution < -0.4 is 5.73 Å². The Morgan fingerprint density at radius 1 is 0.429 bits per heavy atom. The van der Waals surface area contributed by atoms with E-state index in [0.29, 0.717) is 6.42 Å². The van der Waals surface area contributed by atoms with Crippen LogP contribution in [-0.2, 0) is 4.57 Å². The molecular formula is C23H50NO3P. The van der Waals surface area contributed by atoms with E-state index in [1.165, 1.54) is 116 Å². The second kappa shape index (κ2) is 21.8. The lowest BCUT2D eigenvalue weighted by Crippen LogP contribution is -1.97. The molecule has 170 valence electrons. The fourth-order valence-electron chi connectivity index (χ4n) is 3.82. The minimum atomic E-state index is -3.76. The third-order valence-corrected chi connectivity index (χ3v) is 6.55. The summed E-state index contributed by atoms with van der Waals surface area (Å²) in [7, 11) is -3.76. The molecule has 0 radical (unpaired) electrons. The van der Waals surface area contributed by atoms with Crippen molar-refractivity contribution < 1.29 is 14.4 Å². The van der Waals surface area contributed by atoms with Crippen LogP contribution in [0.1, 0.15) is 135 Å². The van der Waals surface area contributed by atoms with Gasteiger partial charge in [0.2, 0.25) is 0 Å². The van der Waals surface area contributed by atoms with Crippen molar-refractivity contribution in [1.82, 2.24) is 0 Å². The maximum atomic E-state index is 10.7. The van der Waals surface area contributed by atoms with E-state index in [1.807, 2.05) is 0 Å². The Labute approximate surface area is 175 Å². The van der Waals surface area contributed by atoms with Crippen LogP contribution in [0.2, 0.25) is 0 Å². The van der Waals surface area contributed by atoms with Crippen molar-refractivity contribution in [2.75, 3.05) is 12.7 Å². The van der Waals surface area contributed by atoms with Crippen LogP contribution in [0.4, 0.5) is 0 Å². The minimum absolute atomic E-state index is 0.0582. The van der Waals surface area contributed by atoms with Gasteiger partial charge < -0.3 is 15.5 Å². The summed E-state index contributed by atoms with van der Waals surface area (Å²) < 4.78 is 10.7. The Hall–Kier alpha value is 0.110. The van der Waals surface area contributed by atoms with Gasteiger partial charge in [0.1, 0.15) is 0 Å². The SMILES string of the molecule is NCCCCCCCCCCCCCCCCCCCCCCCP(=O)(O)O. The predicted molar refractivity (Wildman–Crippen MR) is 123 cm³/mol. The molecule has 0 amide bonds. The Kier molecular flexibility index (Phi) is 21.9. The first-order chi connectivity index (χ1) is 13.6. The smallest absolute Gasteiger partial charge is 0.325 e. The van der Waals surface area contributed by atoms with Gasteiger partial charge in [-0.15, -0.1) is 0 Å². The van der Waals surface area contributed by atoms with E-state index in [0.717, 1.165) is 19.4 Å². The molecule has 0 rings (SSSR count). The van der Waals surface area contributed by atoms with E-state index in [1.54, 1.807) is 0 Å². The van der Waals surface area contributed by atoms with Crippen LogP contribution in [0.5, 0.6) is 0 Å². The van der Waals surface area contributed by atoms with Gasteiger partial charge in [0.25, 0.3) is 0 Å². The third-order valence-electron chi connectivity index (χ3n) is 5.65. The molecule has 0 aromatic heterocycles. The van der Waals surface area contributed by atoms with Crippen LogP contribution in [-0.4, -0.2) is 22.5 Å². The molecule has 0 spiro atoms. The molecule has 0 fully saturated rings. The van der Waals surface area contributed by atoms with Crippen LogP contribution in [0.15, 0.2) is 0 Å². The van der Waals surface area contributed by atoms with Gasteiger partial charge in [-0.3, -0.25) is 4.57 Å². The number of unbranched alkanes of at least 4 members (excludes halogenated alkanes) is 20. The molecule has 0 heterocycles. The normalized spacial score (nSPS) is 12.0. The molecule has 0 aliphatic heterocycles. The summed E-state index contributed by atoms with van der Waals surface area (Å²) in [4.78, 5) is 17.6. The molecule has 0 aromatic rings. The molecule has 0 atom stereocenters. The van der Waals surface area contributed by atoms with Crippen molar-refractivity contribution >= 4 is 7.60 Å². The summed E-state index contributed by atoms with van der Waals surface area (Å²) in [5.74, 6) is 0. The van der Waals surface area contributed by atoms with Gasteiger partial charge in [-0.1, -0.05) is 122 Å². The lowest BCUT2D eigenvalue weighted by Gasteiger charge is -2.05. The van der Waals surface area contributed by atoms with Crippen LogP contribution in [0, 0.1) is 0 Å². The molecule has 0 aliphatic carbocycles. The highest BCUT2D eigenvalue weighted by molar-refractivity contribution is 7.51. The van der Waals surface area contributed by atoms with Crippen LogP contribution >= 0.6 is 7.60 Å². The van der Waals surface area contributed by atoms with Gasteiger partial charge in [0, 0.05) is 6.16 Å². The highest BCUT2D eigenvalue weighted by Crippen LogP contribution is 2.35. The molecule has 0 aliphatic rings. The fourth-order valence-corrected chi connectivity index (χ4v) is 4.46. The quantitative estimate of drug-likeness (QED) is 0.120. The van der Waals surface area contributed by atoms with E-state index in [9.17, 15) is 4.57 Å². The van der Waals surface area contributed by atoms with E-state index >= 15 is 0 Å². The van der Waals surface area contributed by atoms with E-state index in [-0.39, 0.29) is 6.16 Å². The second-order valence-electron chi connectivity index (χ2n) is 8.60. The van der Waals surface area contributed by atoms with Gasteiger partial charge in [0.15, 0.2) is 0 Å². The topological polar surface area (TPSA) is 83.6 Å². The zero-order valence-corrected chi connectivity index (χ0v) is 19.5. The van der Waals surface area contributed by atoms with E-state index < -0.39 is 7.60 Å². The zero-order valence-electron chi connectivity index (χ0n) is 18.6. The Morgan fingerprint density at radius 3 is 0.857 bits per heavy atom. The molecule has 5 heteroatoms. The van der Waals surface area contributed by atoms with Crippen molar-refractivity contribution in [3.63, 3.8) is 0 Å². The summed E-state index contributed by atoms with van der Waals surface area (Å²) in [5, 5.41) is 0. The van der Waals surface area contributed by atoms with Gasteiger partial charge in [0.05, 0.1) is 0 Å². The van der Waals surface area contributed by atoms with Crippen molar-refractivity contribution in [1.29, 1.82) is 0 Å². The number of nitrogens with two attached hydrogens (primary N) is 1. The molecule has 28 heavy (non-hydrogen) atoms. The average Bonchev–Trinajstić information content (AvgIpc) is 2.65. The van der Waals surface area contributed by atoms with Gasteiger partial charge >= 0.3 is 7.60 Å². The first kappa shape index (κ1) is 28.1. The monoisotopic (exact) mass is 419 g/mol. The molecule has 4 nitrogen and oxygen atoms in total. The van der Waals surface area contributed by atoms with Gasteiger partial charge in [-0.2, -0.15) is 0 Å². The van der Waals surface area contributed by atoms with Gasteiger partial charge in [-0.25, -0.2) is 0 Å². The summed E-state index contributed by atoms with van der Waals surface area (Å²) >= 11 is 0. The molecule has 0 bridgehead atoms. The molecule has 0 saturated carbocycles. The molecule has 0 aromatic carbocycles. The fraction of sp³-hybridized carbons (Fsp3) is 1.00. The lowest BCUT2D eigenvalue weighted by molar-refractivity contribution is 0.370. The summed E-state index contributed by atoms with van der Waals surface area (Å²) in [6.45, 7) is 0.853. The molecule has 4 N–H and O–H groups in total. The van der Waals surface area contributed by atoms with Gasteiger partial charge in [-0.05, 0) is 19.4 Å². The Bertz CT molecular complexity index is 347. The second-order valence-corrected chi connectivity index (χ2v) is 10.4. The highest BCUT2D eigenvalue weighted by Gasteiger charge is 2.10. The summed E-state index contributed by atoms with van der Waals surface area (Å²) in [5.41, 5.74) is 5.51. The van der Waals surface area contributed by atoms with E-state index in [4.69, 9.17) is 15.5 Å². The van der Waals surface area contributed by atoms with Crippen molar-refractivity contribution in [2.24, 2.45) is 5.73 Å². The van der Waals surface area contributed by atoms with E-state index in [2.05, 4.69) is 0 Å². The van der Waals surface area contributed by atoms with Crippen molar-refractivity contribution in [3.05, 3.63) is 0 Å². The molecular weight excluding hydrogens is 369 g/mol.